The van der Waals surface area contributed by atoms with E-state index in [9.17, 15) is 0 Å². The number of nitrogens with one attached hydrogen (secondary N) is 1. The Balaban J connectivity index is 2.05. The molecule has 0 aliphatic heterocycles. The maximum Gasteiger partial charge on any atom is 0.147 e. The predicted molar refractivity (Wildman–Crippen MR) is 83.6 cm³/mol. The molecule has 2 aromatic rings. The van der Waals surface area contributed by atoms with E-state index in [1.54, 1.807) is 6.20 Å². The summed E-state index contributed by atoms with van der Waals surface area (Å²) in [5.74, 6) is 2.12. The molecule has 0 aliphatic carbocycles. The van der Waals surface area contributed by atoms with Crippen LogP contribution in [0.3, 0.4) is 0 Å². The third-order valence-corrected chi connectivity index (χ3v) is 3.07. The molecule has 3 heteroatoms. The van der Waals surface area contributed by atoms with Crippen molar-refractivity contribution in [2.45, 2.75) is 33.1 Å². The van der Waals surface area contributed by atoms with Crippen molar-refractivity contribution in [1.82, 2.24) is 4.98 Å². The van der Waals surface area contributed by atoms with Crippen LogP contribution in [0.1, 0.15) is 38.7 Å². The van der Waals surface area contributed by atoms with Gasteiger partial charge in [0.2, 0.25) is 0 Å². The smallest absolute Gasteiger partial charge is 0.147 e. The Kier molecular flexibility index (Phi) is 4.99. The van der Waals surface area contributed by atoms with Gasteiger partial charge in [0, 0.05) is 12.6 Å². The number of ether oxygens (including phenoxy) is 1. The summed E-state index contributed by atoms with van der Waals surface area (Å²) >= 11 is 0. The third kappa shape index (κ3) is 3.98. The second kappa shape index (κ2) is 6.94. The number of hydrogen-bond donors (Lipinski definition) is 1. The van der Waals surface area contributed by atoms with E-state index < -0.39 is 0 Å². The second-order valence-corrected chi connectivity index (χ2v) is 5.16. The van der Waals surface area contributed by atoms with Crippen LogP contribution in [0.5, 0.6) is 11.5 Å². The summed E-state index contributed by atoms with van der Waals surface area (Å²) in [4.78, 5) is 4.19. The summed E-state index contributed by atoms with van der Waals surface area (Å²) in [5, 5.41) is 3.30. The van der Waals surface area contributed by atoms with E-state index in [0.29, 0.717) is 5.92 Å². The van der Waals surface area contributed by atoms with E-state index in [-0.39, 0.29) is 0 Å². The van der Waals surface area contributed by atoms with Gasteiger partial charge in [0.25, 0.3) is 0 Å². The average molecular weight is 270 g/mol. The highest BCUT2D eigenvalue weighted by Crippen LogP contribution is 2.25. The zero-order valence-electron chi connectivity index (χ0n) is 12.4. The Morgan fingerprint density at radius 3 is 2.50 bits per heavy atom. The first kappa shape index (κ1) is 14.4. The van der Waals surface area contributed by atoms with Gasteiger partial charge in [-0.15, -0.1) is 0 Å². The molecule has 2 rings (SSSR count). The maximum atomic E-state index is 5.83. The Labute approximate surface area is 121 Å². The maximum absolute atomic E-state index is 5.83. The molecule has 20 heavy (non-hydrogen) atoms. The molecule has 0 amide bonds. The Morgan fingerprint density at radius 1 is 1.10 bits per heavy atom. The molecule has 3 nitrogen and oxygen atoms in total. The molecule has 0 fully saturated rings. The lowest BCUT2D eigenvalue weighted by molar-refractivity contribution is 0.480. The molecule has 0 saturated carbocycles. The molecule has 0 unspecified atom stereocenters. The van der Waals surface area contributed by atoms with Gasteiger partial charge in [0.15, 0.2) is 0 Å². The fraction of sp³-hybridized carbons (Fsp3) is 0.353. The van der Waals surface area contributed by atoms with Crippen molar-refractivity contribution in [1.29, 1.82) is 0 Å². The molecule has 0 bridgehead atoms. The Hall–Kier alpha value is -2.03. The first-order chi connectivity index (χ1) is 9.69. The Bertz CT molecular complexity index is 535. The summed E-state index contributed by atoms with van der Waals surface area (Å²) in [6.45, 7) is 7.44. The first-order valence-corrected chi connectivity index (χ1v) is 7.15. The third-order valence-electron chi connectivity index (χ3n) is 3.07. The van der Waals surface area contributed by atoms with Gasteiger partial charge < -0.3 is 10.1 Å². The van der Waals surface area contributed by atoms with Crippen LogP contribution in [0.2, 0.25) is 0 Å². The number of aromatic nitrogens is 1. The standard InChI is InChI=1S/C17H22N2O/c1-4-9-19-15-10-17(12-18-11-15)20-16-7-5-14(6-8-16)13(2)3/h5-8,10-13,19H,4,9H2,1-3H3. The molecule has 0 saturated heterocycles. The van der Waals surface area contributed by atoms with E-state index in [0.717, 1.165) is 30.2 Å². The lowest BCUT2D eigenvalue weighted by atomic mass is 10.0. The molecule has 1 aromatic heterocycles. The molecule has 106 valence electrons. The van der Waals surface area contributed by atoms with Gasteiger partial charge in [-0.1, -0.05) is 32.9 Å². The van der Waals surface area contributed by atoms with E-state index in [2.05, 4.69) is 43.2 Å². The van der Waals surface area contributed by atoms with Gasteiger partial charge in [-0.3, -0.25) is 4.98 Å². The molecule has 1 N–H and O–H groups in total. The highest BCUT2D eigenvalue weighted by Gasteiger charge is 2.02. The van der Waals surface area contributed by atoms with Gasteiger partial charge in [0.1, 0.15) is 11.5 Å². The van der Waals surface area contributed by atoms with Crippen molar-refractivity contribution >= 4 is 5.69 Å². The van der Waals surface area contributed by atoms with Crippen LogP contribution in [-0.4, -0.2) is 11.5 Å². The van der Waals surface area contributed by atoms with Crippen LogP contribution in [0, 0.1) is 0 Å². The summed E-state index contributed by atoms with van der Waals surface area (Å²) in [7, 11) is 0. The summed E-state index contributed by atoms with van der Waals surface area (Å²) in [6.07, 6.45) is 4.62. The topological polar surface area (TPSA) is 34.2 Å². The van der Waals surface area contributed by atoms with Crippen LogP contribution in [0.25, 0.3) is 0 Å². The number of nitrogens with zero attached hydrogens (tertiary/aromatic N) is 1. The lowest BCUT2D eigenvalue weighted by Gasteiger charge is -2.10. The van der Waals surface area contributed by atoms with Crippen LogP contribution >= 0.6 is 0 Å². The highest BCUT2D eigenvalue weighted by molar-refractivity contribution is 5.46. The zero-order chi connectivity index (χ0) is 14.4. The van der Waals surface area contributed by atoms with Crippen molar-refractivity contribution in [3.8, 4) is 11.5 Å². The van der Waals surface area contributed by atoms with Crippen molar-refractivity contribution in [3.05, 3.63) is 48.3 Å². The van der Waals surface area contributed by atoms with Crippen molar-refractivity contribution < 1.29 is 4.74 Å². The van der Waals surface area contributed by atoms with E-state index in [1.165, 1.54) is 5.56 Å². The SMILES string of the molecule is CCCNc1cncc(Oc2ccc(C(C)C)cc2)c1. The molecular weight excluding hydrogens is 248 g/mol. The van der Waals surface area contributed by atoms with Crippen LogP contribution in [-0.2, 0) is 0 Å². The second-order valence-electron chi connectivity index (χ2n) is 5.16. The minimum absolute atomic E-state index is 0.535. The quantitative estimate of drug-likeness (QED) is 0.817. The summed E-state index contributed by atoms with van der Waals surface area (Å²) < 4.78 is 5.83. The van der Waals surface area contributed by atoms with Crippen molar-refractivity contribution in [2.75, 3.05) is 11.9 Å². The minimum atomic E-state index is 0.535. The molecule has 1 aromatic carbocycles. The largest absolute Gasteiger partial charge is 0.456 e. The number of rotatable bonds is 6. The molecule has 1 heterocycles. The average Bonchev–Trinajstić information content (AvgIpc) is 2.46. The van der Waals surface area contributed by atoms with Crippen molar-refractivity contribution in [3.63, 3.8) is 0 Å². The number of benzene rings is 1. The monoisotopic (exact) mass is 270 g/mol. The van der Waals surface area contributed by atoms with Crippen molar-refractivity contribution in [2.24, 2.45) is 0 Å². The molecular formula is C17H22N2O. The first-order valence-electron chi connectivity index (χ1n) is 7.15. The predicted octanol–water partition coefficient (Wildman–Crippen LogP) is 4.82. The molecule has 0 radical (unpaired) electrons. The molecule has 0 spiro atoms. The zero-order valence-corrected chi connectivity index (χ0v) is 12.4. The van der Waals surface area contributed by atoms with E-state index in [1.807, 2.05) is 24.4 Å². The van der Waals surface area contributed by atoms with Gasteiger partial charge in [-0.2, -0.15) is 0 Å². The fourth-order valence-corrected chi connectivity index (χ4v) is 1.90. The Morgan fingerprint density at radius 2 is 1.85 bits per heavy atom. The molecule has 0 atom stereocenters. The van der Waals surface area contributed by atoms with E-state index in [4.69, 9.17) is 4.74 Å². The number of hydrogen-bond acceptors (Lipinski definition) is 3. The number of anilines is 1. The number of pyridine rings is 1. The highest BCUT2D eigenvalue weighted by atomic mass is 16.5. The van der Waals surface area contributed by atoms with Gasteiger partial charge in [-0.05, 0) is 30.0 Å². The van der Waals surface area contributed by atoms with E-state index >= 15 is 0 Å². The summed E-state index contributed by atoms with van der Waals surface area (Å²) in [6, 6.07) is 10.2. The normalized spacial score (nSPS) is 10.6. The fourth-order valence-electron chi connectivity index (χ4n) is 1.90. The lowest BCUT2D eigenvalue weighted by Crippen LogP contribution is -2.00. The molecule has 0 aliphatic rings. The van der Waals surface area contributed by atoms with Crippen LogP contribution in [0.4, 0.5) is 5.69 Å². The summed E-state index contributed by atoms with van der Waals surface area (Å²) in [5.41, 5.74) is 2.30. The van der Waals surface area contributed by atoms with Crippen LogP contribution < -0.4 is 10.1 Å². The van der Waals surface area contributed by atoms with Gasteiger partial charge >= 0.3 is 0 Å². The van der Waals surface area contributed by atoms with Gasteiger partial charge in [0.05, 0.1) is 18.1 Å². The van der Waals surface area contributed by atoms with Crippen LogP contribution in [0.15, 0.2) is 42.7 Å². The minimum Gasteiger partial charge on any atom is -0.456 e. The van der Waals surface area contributed by atoms with Gasteiger partial charge in [-0.25, -0.2) is 0 Å².